The van der Waals surface area contributed by atoms with Gasteiger partial charge in [-0.2, -0.15) is 0 Å². The summed E-state index contributed by atoms with van der Waals surface area (Å²) in [7, 11) is 0. The molecule has 0 atom stereocenters. The molecule has 3 aromatic rings. The van der Waals surface area contributed by atoms with Crippen LogP contribution >= 0.6 is 46.6 Å². The van der Waals surface area contributed by atoms with Gasteiger partial charge in [-0.05, 0) is 42.8 Å². The van der Waals surface area contributed by atoms with Gasteiger partial charge in [0.1, 0.15) is 0 Å². The van der Waals surface area contributed by atoms with Gasteiger partial charge in [0, 0.05) is 22.9 Å². The van der Waals surface area contributed by atoms with Crippen LogP contribution in [-0.4, -0.2) is 20.7 Å². The molecule has 28 heavy (non-hydrogen) atoms. The van der Waals surface area contributed by atoms with Gasteiger partial charge in [-0.3, -0.25) is 4.79 Å². The zero-order valence-electron chi connectivity index (χ0n) is 15.0. The minimum absolute atomic E-state index is 0.250. The number of benzene rings is 2. The highest BCUT2D eigenvalue weighted by Crippen LogP contribution is 2.24. The molecule has 0 aliphatic carbocycles. The fourth-order valence-corrected chi connectivity index (χ4v) is 3.90. The van der Waals surface area contributed by atoms with E-state index in [-0.39, 0.29) is 12.5 Å². The molecule has 0 aliphatic heterocycles. The summed E-state index contributed by atoms with van der Waals surface area (Å²) in [6.45, 7) is 2.98. The van der Waals surface area contributed by atoms with E-state index < -0.39 is 0 Å². The van der Waals surface area contributed by atoms with Crippen LogP contribution in [0.25, 0.3) is 0 Å². The summed E-state index contributed by atoms with van der Waals surface area (Å²) >= 11 is 19.4. The predicted octanol–water partition coefficient (Wildman–Crippen LogP) is 5.48. The van der Waals surface area contributed by atoms with Crippen LogP contribution in [0, 0.1) is 0 Å². The van der Waals surface area contributed by atoms with Gasteiger partial charge in [-0.15, -0.1) is 10.2 Å². The summed E-state index contributed by atoms with van der Waals surface area (Å²) in [6.07, 6.45) is 0. The normalized spacial score (nSPS) is 10.9. The smallest absolute Gasteiger partial charge is 0.251 e. The summed E-state index contributed by atoms with van der Waals surface area (Å²) in [6, 6.07) is 12.5. The number of nitrogens with zero attached hydrogens (tertiary/aromatic N) is 3. The van der Waals surface area contributed by atoms with E-state index in [2.05, 4.69) is 15.5 Å². The monoisotopic (exact) mass is 454 g/mol. The molecule has 9 heteroatoms. The van der Waals surface area contributed by atoms with Crippen molar-refractivity contribution in [1.82, 2.24) is 20.1 Å². The molecule has 1 amide bonds. The van der Waals surface area contributed by atoms with Crippen molar-refractivity contribution >= 4 is 52.5 Å². The van der Waals surface area contributed by atoms with Gasteiger partial charge in [0.05, 0.1) is 16.6 Å². The highest BCUT2D eigenvalue weighted by molar-refractivity contribution is 7.98. The van der Waals surface area contributed by atoms with Crippen molar-refractivity contribution in [3.05, 3.63) is 74.5 Å². The Morgan fingerprint density at radius 1 is 1.07 bits per heavy atom. The molecule has 0 saturated heterocycles. The summed E-state index contributed by atoms with van der Waals surface area (Å²) in [5.74, 6) is 1.19. The second-order valence-electron chi connectivity index (χ2n) is 5.87. The van der Waals surface area contributed by atoms with Crippen molar-refractivity contribution in [2.45, 2.75) is 30.9 Å². The first-order valence-electron chi connectivity index (χ1n) is 8.50. The lowest BCUT2D eigenvalue weighted by Crippen LogP contribution is -2.24. The lowest BCUT2D eigenvalue weighted by Gasteiger charge is -2.09. The van der Waals surface area contributed by atoms with E-state index in [1.165, 1.54) is 6.07 Å². The number of carbonyl (C=O) groups is 1. The van der Waals surface area contributed by atoms with Crippen molar-refractivity contribution in [3.8, 4) is 0 Å². The van der Waals surface area contributed by atoms with Crippen LogP contribution in [-0.2, 0) is 18.8 Å². The van der Waals surface area contributed by atoms with E-state index in [9.17, 15) is 4.79 Å². The largest absolute Gasteiger partial charge is 0.345 e. The second-order valence-corrected chi connectivity index (χ2v) is 8.06. The van der Waals surface area contributed by atoms with Crippen LogP contribution in [0.15, 0.2) is 47.6 Å². The van der Waals surface area contributed by atoms with Crippen LogP contribution in [0.4, 0.5) is 0 Å². The second kappa shape index (κ2) is 9.65. The minimum atomic E-state index is -0.250. The lowest BCUT2D eigenvalue weighted by molar-refractivity contribution is 0.0949. The highest BCUT2D eigenvalue weighted by atomic mass is 35.5. The third kappa shape index (κ3) is 5.20. The van der Waals surface area contributed by atoms with Crippen molar-refractivity contribution < 1.29 is 4.79 Å². The standard InChI is InChI=1S/C19H17Cl3N4OS/c1-2-26-17(10-23-18(27)13-5-8-15(21)16(22)9-13)24-25-19(26)28-11-12-3-6-14(20)7-4-12/h3-9H,2,10-11H2,1H3,(H,23,27). The van der Waals surface area contributed by atoms with E-state index in [0.29, 0.717) is 33.0 Å². The number of carbonyl (C=O) groups excluding carboxylic acids is 1. The Balaban J connectivity index is 1.63. The van der Waals surface area contributed by atoms with Crippen LogP contribution in [0.3, 0.4) is 0 Å². The number of rotatable bonds is 7. The quantitative estimate of drug-likeness (QED) is 0.479. The number of hydrogen-bond donors (Lipinski definition) is 1. The van der Waals surface area contributed by atoms with Gasteiger partial charge in [-0.1, -0.05) is 58.7 Å². The Labute approximate surface area is 182 Å². The van der Waals surface area contributed by atoms with Crippen LogP contribution in [0.5, 0.6) is 0 Å². The van der Waals surface area contributed by atoms with Gasteiger partial charge >= 0.3 is 0 Å². The summed E-state index contributed by atoms with van der Waals surface area (Å²) in [4.78, 5) is 12.3. The maximum atomic E-state index is 12.3. The Morgan fingerprint density at radius 2 is 1.82 bits per heavy atom. The number of aromatic nitrogens is 3. The molecule has 3 rings (SSSR count). The molecule has 0 radical (unpaired) electrons. The zero-order chi connectivity index (χ0) is 20.1. The Kier molecular flexibility index (Phi) is 7.24. The first-order chi connectivity index (χ1) is 13.5. The molecular formula is C19H17Cl3N4OS. The van der Waals surface area contributed by atoms with E-state index in [4.69, 9.17) is 34.8 Å². The average molecular weight is 456 g/mol. The molecule has 1 heterocycles. The van der Waals surface area contributed by atoms with Gasteiger partial charge < -0.3 is 9.88 Å². The minimum Gasteiger partial charge on any atom is -0.345 e. The van der Waals surface area contributed by atoms with Crippen molar-refractivity contribution in [2.24, 2.45) is 0 Å². The molecule has 2 aromatic carbocycles. The third-order valence-electron chi connectivity index (χ3n) is 3.98. The van der Waals surface area contributed by atoms with Crippen molar-refractivity contribution in [2.75, 3.05) is 0 Å². The van der Waals surface area contributed by atoms with Gasteiger partial charge in [0.15, 0.2) is 11.0 Å². The molecular weight excluding hydrogens is 439 g/mol. The molecule has 0 fully saturated rings. The summed E-state index contributed by atoms with van der Waals surface area (Å²) in [5.41, 5.74) is 1.59. The van der Waals surface area contributed by atoms with E-state index in [0.717, 1.165) is 16.5 Å². The molecule has 1 aromatic heterocycles. The Hall–Kier alpha value is -1.73. The van der Waals surface area contributed by atoms with E-state index in [1.54, 1.807) is 23.9 Å². The number of amides is 1. The van der Waals surface area contributed by atoms with Gasteiger partial charge in [-0.25, -0.2) is 0 Å². The Bertz CT molecular complexity index is 976. The van der Waals surface area contributed by atoms with Crippen LogP contribution in [0.2, 0.25) is 15.1 Å². The SMILES string of the molecule is CCn1c(CNC(=O)c2ccc(Cl)c(Cl)c2)nnc1SCc1ccc(Cl)cc1. The summed E-state index contributed by atoms with van der Waals surface area (Å²) < 4.78 is 1.98. The fraction of sp³-hybridized carbons (Fsp3) is 0.211. The van der Waals surface area contributed by atoms with Crippen molar-refractivity contribution in [1.29, 1.82) is 0 Å². The van der Waals surface area contributed by atoms with Gasteiger partial charge in [0.2, 0.25) is 0 Å². The van der Waals surface area contributed by atoms with Crippen molar-refractivity contribution in [3.63, 3.8) is 0 Å². The van der Waals surface area contributed by atoms with Gasteiger partial charge in [0.25, 0.3) is 5.91 Å². The number of thioether (sulfide) groups is 1. The number of halogens is 3. The number of hydrogen-bond acceptors (Lipinski definition) is 4. The van der Waals surface area contributed by atoms with Crippen LogP contribution in [0.1, 0.15) is 28.7 Å². The highest BCUT2D eigenvalue weighted by Gasteiger charge is 2.14. The first-order valence-corrected chi connectivity index (χ1v) is 10.6. The predicted molar refractivity (Wildman–Crippen MR) is 114 cm³/mol. The molecule has 0 spiro atoms. The topological polar surface area (TPSA) is 59.8 Å². The maximum absolute atomic E-state index is 12.3. The molecule has 0 saturated carbocycles. The molecule has 0 unspecified atom stereocenters. The Morgan fingerprint density at radius 3 is 2.50 bits per heavy atom. The molecule has 0 aliphatic rings. The summed E-state index contributed by atoms with van der Waals surface area (Å²) in [5, 5.41) is 13.6. The zero-order valence-corrected chi connectivity index (χ0v) is 18.0. The molecule has 5 nitrogen and oxygen atoms in total. The first kappa shape index (κ1) is 21.0. The third-order valence-corrected chi connectivity index (χ3v) is 6.01. The average Bonchev–Trinajstić information content (AvgIpc) is 3.09. The molecule has 0 bridgehead atoms. The molecule has 146 valence electrons. The fourth-order valence-electron chi connectivity index (χ4n) is 2.50. The molecule has 1 N–H and O–H groups in total. The number of nitrogens with one attached hydrogen (secondary N) is 1. The van der Waals surface area contributed by atoms with Crippen LogP contribution < -0.4 is 5.32 Å². The van der Waals surface area contributed by atoms with E-state index >= 15 is 0 Å². The van der Waals surface area contributed by atoms with E-state index in [1.807, 2.05) is 35.8 Å². The maximum Gasteiger partial charge on any atom is 0.251 e. The lowest BCUT2D eigenvalue weighted by atomic mass is 10.2.